The van der Waals surface area contributed by atoms with Gasteiger partial charge in [-0.05, 0) is 30.2 Å². The molecule has 0 radical (unpaired) electrons. The number of anilines is 1. The molecular weight excluding hydrogens is 479 g/mol. The van der Waals surface area contributed by atoms with E-state index in [4.69, 9.17) is 40.5 Å². The Bertz CT molecular complexity index is 1420. The number of rotatable bonds is 5. The van der Waals surface area contributed by atoms with Crippen LogP contribution in [-0.4, -0.2) is 24.7 Å². The van der Waals surface area contributed by atoms with Crippen LogP contribution in [0.4, 0.5) is 11.4 Å². The van der Waals surface area contributed by atoms with Crippen LogP contribution >= 0.6 is 34.8 Å². The molecule has 0 spiro atoms. The highest BCUT2D eigenvalue weighted by molar-refractivity contribution is 6.40. The normalized spacial score (nSPS) is 11.2. The van der Waals surface area contributed by atoms with E-state index in [0.717, 1.165) is 0 Å². The fourth-order valence-corrected chi connectivity index (χ4v) is 4.39. The Hall–Kier alpha value is -3.14. The SMILES string of the molecule is CCc1nn(-c2c(Cl)cc(Cl)cc2Cl)c2nc(Cc3ccc(N)c([N+](=O)[O-])c3)[nH]c(=O)c12. The van der Waals surface area contributed by atoms with Gasteiger partial charge >= 0.3 is 0 Å². The molecule has 0 fully saturated rings. The number of nitrogen functional groups attached to an aromatic ring is 1. The molecule has 2 aromatic carbocycles. The van der Waals surface area contributed by atoms with Crippen LogP contribution in [0.3, 0.4) is 0 Å². The summed E-state index contributed by atoms with van der Waals surface area (Å²) in [6.45, 7) is 1.86. The number of aryl methyl sites for hydroxylation is 1. The fraction of sp³-hybridized carbons (Fsp3) is 0.150. The molecule has 0 saturated heterocycles. The second-order valence-corrected chi connectivity index (χ2v) is 8.22. The molecule has 12 heteroatoms. The minimum absolute atomic E-state index is 0.0494. The average Bonchev–Trinajstić information content (AvgIpc) is 3.07. The fourth-order valence-electron chi connectivity index (χ4n) is 3.41. The molecule has 0 saturated carbocycles. The number of H-pyrrole nitrogens is 1. The number of benzene rings is 2. The molecule has 2 heterocycles. The van der Waals surface area contributed by atoms with E-state index in [0.29, 0.717) is 33.8 Å². The zero-order chi connectivity index (χ0) is 23.2. The monoisotopic (exact) mass is 492 g/mol. The van der Waals surface area contributed by atoms with Crippen LogP contribution in [0.25, 0.3) is 16.7 Å². The summed E-state index contributed by atoms with van der Waals surface area (Å²) in [5.41, 5.74) is 6.78. The maximum Gasteiger partial charge on any atom is 0.292 e. The predicted octanol–water partition coefficient (Wildman–Crippen LogP) is 4.71. The van der Waals surface area contributed by atoms with Gasteiger partial charge < -0.3 is 10.7 Å². The molecule has 0 atom stereocenters. The molecule has 0 bridgehead atoms. The van der Waals surface area contributed by atoms with Crippen molar-refractivity contribution in [2.75, 3.05) is 5.73 Å². The third kappa shape index (κ3) is 3.90. The summed E-state index contributed by atoms with van der Waals surface area (Å²) in [6.07, 6.45) is 0.599. The number of aromatic nitrogens is 4. The topological polar surface area (TPSA) is 133 Å². The van der Waals surface area contributed by atoms with Crippen LogP contribution in [0.2, 0.25) is 15.1 Å². The van der Waals surface area contributed by atoms with Gasteiger partial charge in [0.1, 0.15) is 22.6 Å². The van der Waals surface area contributed by atoms with Crippen LogP contribution in [-0.2, 0) is 12.8 Å². The second kappa shape index (κ2) is 8.42. The summed E-state index contributed by atoms with van der Waals surface area (Å²) < 4.78 is 1.42. The molecule has 9 nitrogen and oxygen atoms in total. The molecule has 0 aliphatic heterocycles. The van der Waals surface area contributed by atoms with Crippen molar-refractivity contribution < 1.29 is 4.92 Å². The van der Waals surface area contributed by atoms with E-state index in [1.165, 1.54) is 28.9 Å². The summed E-state index contributed by atoms with van der Waals surface area (Å²) in [4.78, 5) is 30.8. The quantitative estimate of drug-likeness (QED) is 0.235. The average molecular weight is 494 g/mol. The lowest BCUT2D eigenvalue weighted by atomic mass is 10.1. The molecule has 2 aromatic heterocycles. The third-order valence-electron chi connectivity index (χ3n) is 4.85. The Balaban J connectivity index is 1.90. The Kier molecular flexibility index (Phi) is 5.81. The highest BCUT2D eigenvalue weighted by Gasteiger charge is 2.21. The minimum Gasteiger partial charge on any atom is -0.393 e. The van der Waals surface area contributed by atoms with Crippen molar-refractivity contribution in [1.82, 2.24) is 19.7 Å². The van der Waals surface area contributed by atoms with Crippen molar-refractivity contribution in [3.8, 4) is 5.69 Å². The molecule has 0 aliphatic rings. The molecule has 0 unspecified atom stereocenters. The van der Waals surface area contributed by atoms with Crippen LogP contribution in [0.15, 0.2) is 35.1 Å². The van der Waals surface area contributed by atoms with Crippen molar-refractivity contribution in [2.24, 2.45) is 0 Å². The standard InChI is InChI=1S/C20H15Cl3N6O3/c1-2-14-17-19(28(27-14)18-11(22)7-10(21)8-12(18)23)25-16(26-20(17)30)6-9-3-4-13(24)15(5-9)29(31)32/h3-5,7-8H,2,6,24H2,1H3,(H,25,26,30). The first-order valence-electron chi connectivity index (χ1n) is 9.38. The molecule has 4 rings (SSSR count). The summed E-state index contributed by atoms with van der Waals surface area (Å²) in [6, 6.07) is 7.46. The minimum atomic E-state index is -0.564. The highest BCUT2D eigenvalue weighted by atomic mass is 35.5. The number of halogens is 3. The lowest BCUT2D eigenvalue weighted by molar-refractivity contribution is -0.383. The lowest BCUT2D eigenvalue weighted by Gasteiger charge is -2.09. The van der Waals surface area contributed by atoms with Crippen LogP contribution in [0, 0.1) is 10.1 Å². The van der Waals surface area contributed by atoms with Crippen LogP contribution in [0.1, 0.15) is 24.0 Å². The number of aromatic amines is 1. The maximum absolute atomic E-state index is 12.9. The van der Waals surface area contributed by atoms with Gasteiger partial charge in [0.15, 0.2) is 5.65 Å². The Morgan fingerprint density at radius 1 is 1.19 bits per heavy atom. The number of hydrogen-bond donors (Lipinski definition) is 2. The van der Waals surface area contributed by atoms with E-state index >= 15 is 0 Å². The van der Waals surface area contributed by atoms with Crippen molar-refractivity contribution in [2.45, 2.75) is 19.8 Å². The van der Waals surface area contributed by atoms with Crippen LogP contribution < -0.4 is 11.3 Å². The van der Waals surface area contributed by atoms with E-state index < -0.39 is 4.92 Å². The Morgan fingerprint density at radius 3 is 2.50 bits per heavy atom. The van der Waals surface area contributed by atoms with E-state index in [2.05, 4.69) is 15.1 Å². The molecule has 164 valence electrons. The van der Waals surface area contributed by atoms with Crippen molar-refractivity contribution >= 4 is 57.2 Å². The largest absolute Gasteiger partial charge is 0.393 e. The zero-order valence-electron chi connectivity index (χ0n) is 16.5. The number of nitro benzene ring substituents is 1. The smallest absolute Gasteiger partial charge is 0.292 e. The molecule has 32 heavy (non-hydrogen) atoms. The predicted molar refractivity (Wildman–Crippen MR) is 124 cm³/mol. The van der Waals surface area contributed by atoms with Gasteiger partial charge in [-0.2, -0.15) is 5.10 Å². The van der Waals surface area contributed by atoms with Gasteiger partial charge in [0.05, 0.1) is 20.7 Å². The van der Waals surface area contributed by atoms with Gasteiger partial charge in [0, 0.05) is 17.5 Å². The van der Waals surface area contributed by atoms with Crippen molar-refractivity contribution in [1.29, 1.82) is 0 Å². The Labute approximate surface area is 195 Å². The number of nitro groups is 1. The van der Waals surface area contributed by atoms with Gasteiger partial charge in [-0.3, -0.25) is 14.9 Å². The second-order valence-electron chi connectivity index (χ2n) is 6.97. The number of fused-ring (bicyclic) bond motifs is 1. The van der Waals surface area contributed by atoms with Crippen LogP contribution in [0.5, 0.6) is 0 Å². The van der Waals surface area contributed by atoms with E-state index in [1.54, 1.807) is 6.07 Å². The number of hydrogen-bond acceptors (Lipinski definition) is 6. The van der Waals surface area contributed by atoms with E-state index in [9.17, 15) is 14.9 Å². The van der Waals surface area contributed by atoms with E-state index in [1.807, 2.05) is 6.92 Å². The molecular formula is C20H15Cl3N6O3. The zero-order valence-corrected chi connectivity index (χ0v) is 18.8. The highest BCUT2D eigenvalue weighted by Crippen LogP contribution is 2.34. The summed E-state index contributed by atoms with van der Waals surface area (Å²) in [5.74, 6) is 0.284. The molecule has 0 aliphatic carbocycles. The van der Waals surface area contributed by atoms with Gasteiger partial charge in [-0.15, -0.1) is 0 Å². The number of nitrogens with one attached hydrogen (secondary N) is 1. The van der Waals surface area contributed by atoms with Gasteiger partial charge in [-0.1, -0.05) is 47.8 Å². The maximum atomic E-state index is 12.9. The molecule has 0 amide bonds. The molecule has 4 aromatic rings. The molecule has 3 N–H and O–H groups in total. The van der Waals surface area contributed by atoms with E-state index in [-0.39, 0.29) is 44.9 Å². The number of nitrogens with zero attached hydrogens (tertiary/aromatic N) is 4. The first kappa shape index (κ1) is 22.1. The van der Waals surface area contributed by atoms with Gasteiger partial charge in [-0.25, -0.2) is 9.67 Å². The summed E-state index contributed by atoms with van der Waals surface area (Å²) in [5, 5.41) is 16.8. The summed E-state index contributed by atoms with van der Waals surface area (Å²) in [7, 11) is 0. The lowest BCUT2D eigenvalue weighted by Crippen LogP contribution is -2.13. The summed E-state index contributed by atoms with van der Waals surface area (Å²) >= 11 is 18.8. The van der Waals surface area contributed by atoms with Gasteiger partial charge in [0.2, 0.25) is 0 Å². The van der Waals surface area contributed by atoms with Gasteiger partial charge in [0.25, 0.3) is 11.2 Å². The first-order chi connectivity index (χ1) is 15.2. The third-order valence-corrected chi connectivity index (χ3v) is 5.65. The van der Waals surface area contributed by atoms with Crippen molar-refractivity contribution in [3.05, 3.63) is 82.9 Å². The van der Waals surface area contributed by atoms with Crippen molar-refractivity contribution in [3.63, 3.8) is 0 Å². The number of nitrogens with two attached hydrogens (primary N) is 1. The Morgan fingerprint density at radius 2 is 1.88 bits per heavy atom. The first-order valence-corrected chi connectivity index (χ1v) is 10.5.